The first-order valence-electron chi connectivity index (χ1n) is 4.10. The second-order valence-electron chi connectivity index (χ2n) is 3.04. The Kier molecular flexibility index (Phi) is 3.33. The molecule has 82 valence electrons. The lowest BCUT2D eigenvalue weighted by atomic mass is 10.3. The number of hydrogen-bond acceptors (Lipinski definition) is 4. The fourth-order valence-corrected chi connectivity index (χ4v) is 1.10. The molecule has 0 saturated carbocycles. The quantitative estimate of drug-likeness (QED) is 0.619. The summed E-state index contributed by atoms with van der Waals surface area (Å²) >= 11 is 0. The van der Waals surface area contributed by atoms with Crippen LogP contribution in [0.1, 0.15) is 0 Å². The Morgan fingerprint density at radius 1 is 1.57 bits per heavy atom. The number of likely N-dealkylation sites (N-methyl/N-ethyl adjacent to an activating group) is 1. The van der Waals surface area contributed by atoms with Gasteiger partial charge in [-0.2, -0.15) is 13.2 Å². The maximum atomic E-state index is 11.8. The highest BCUT2D eigenvalue weighted by atomic mass is 19.4. The lowest BCUT2D eigenvalue weighted by molar-refractivity contribution is -0.212. The van der Waals surface area contributed by atoms with Crippen molar-refractivity contribution in [3.8, 4) is 0 Å². The number of halogens is 3. The van der Waals surface area contributed by atoms with Crippen LogP contribution >= 0.6 is 0 Å². The molecule has 0 aliphatic carbocycles. The molecular weight excluding hydrogens is 201 g/mol. The van der Waals surface area contributed by atoms with Crippen LogP contribution in [0.15, 0.2) is 0 Å². The van der Waals surface area contributed by atoms with Crippen molar-refractivity contribution in [1.29, 1.82) is 0 Å². The van der Waals surface area contributed by atoms with Gasteiger partial charge in [-0.25, -0.2) is 4.79 Å². The van der Waals surface area contributed by atoms with Crippen LogP contribution in [0.3, 0.4) is 0 Å². The van der Waals surface area contributed by atoms with Gasteiger partial charge >= 0.3 is 12.1 Å². The van der Waals surface area contributed by atoms with Crippen molar-refractivity contribution in [3.05, 3.63) is 0 Å². The number of piperazine rings is 1. The minimum atomic E-state index is -4.92. The summed E-state index contributed by atoms with van der Waals surface area (Å²) in [5.74, 6) is -2.14. The maximum Gasteiger partial charge on any atom is 0.490 e. The average molecular weight is 212 g/mol. The largest absolute Gasteiger partial charge is 0.490 e. The Hall–Kier alpha value is -0.820. The van der Waals surface area contributed by atoms with Crippen molar-refractivity contribution in [2.45, 2.75) is 12.4 Å². The molecule has 1 rings (SSSR count). The minimum Gasteiger partial charge on any atom is -0.438 e. The Morgan fingerprint density at radius 3 is 2.71 bits per heavy atom. The van der Waals surface area contributed by atoms with Crippen LogP contribution in [0.25, 0.3) is 0 Å². The van der Waals surface area contributed by atoms with Crippen LogP contribution in [0, 0.1) is 0 Å². The summed E-state index contributed by atoms with van der Waals surface area (Å²) in [4.78, 5) is 12.0. The van der Waals surface area contributed by atoms with Gasteiger partial charge in [0.05, 0.1) is 0 Å². The number of hydrogen-bond donors (Lipinski definition) is 1. The van der Waals surface area contributed by atoms with E-state index in [1.54, 1.807) is 11.9 Å². The van der Waals surface area contributed by atoms with Crippen LogP contribution in [0.4, 0.5) is 13.2 Å². The van der Waals surface area contributed by atoms with Gasteiger partial charge in [0.15, 0.2) is 6.23 Å². The molecule has 14 heavy (non-hydrogen) atoms. The fraction of sp³-hybridized carbons (Fsp3) is 0.857. The molecule has 4 nitrogen and oxygen atoms in total. The van der Waals surface area contributed by atoms with Gasteiger partial charge in [-0.05, 0) is 7.05 Å². The highest BCUT2D eigenvalue weighted by Crippen LogP contribution is 2.18. The highest BCUT2D eigenvalue weighted by Gasteiger charge is 2.43. The molecular formula is C7H11F3N2O2. The smallest absolute Gasteiger partial charge is 0.438 e. The Labute approximate surface area is 79.0 Å². The van der Waals surface area contributed by atoms with Crippen LogP contribution < -0.4 is 5.32 Å². The van der Waals surface area contributed by atoms with Crippen molar-refractivity contribution < 1.29 is 22.7 Å². The van der Waals surface area contributed by atoms with Gasteiger partial charge in [0.25, 0.3) is 0 Å². The van der Waals surface area contributed by atoms with E-state index < -0.39 is 18.4 Å². The van der Waals surface area contributed by atoms with Gasteiger partial charge in [-0.1, -0.05) is 0 Å². The maximum absolute atomic E-state index is 11.8. The summed E-state index contributed by atoms with van der Waals surface area (Å²) in [5, 5.41) is 2.84. The normalized spacial score (nSPS) is 24.7. The summed E-state index contributed by atoms with van der Waals surface area (Å²) in [6.07, 6.45) is -5.75. The molecule has 0 amide bonds. The zero-order chi connectivity index (χ0) is 10.8. The van der Waals surface area contributed by atoms with E-state index in [0.29, 0.717) is 13.1 Å². The zero-order valence-corrected chi connectivity index (χ0v) is 7.60. The molecule has 0 bridgehead atoms. The van der Waals surface area contributed by atoms with Crippen LogP contribution in [-0.2, 0) is 9.53 Å². The van der Waals surface area contributed by atoms with E-state index >= 15 is 0 Å². The molecule has 1 fully saturated rings. The SMILES string of the molecule is CN1CCNCC1OC(=O)C(F)(F)F. The topological polar surface area (TPSA) is 41.6 Å². The zero-order valence-electron chi connectivity index (χ0n) is 7.60. The van der Waals surface area contributed by atoms with E-state index in [9.17, 15) is 18.0 Å². The van der Waals surface area contributed by atoms with Crippen LogP contribution in [-0.4, -0.2) is 50.0 Å². The number of rotatable bonds is 1. The summed E-state index contributed by atoms with van der Waals surface area (Å²) < 4.78 is 39.7. The van der Waals surface area contributed by atoms with Crippen LogP contribution in [0.2, 0.25) is 0 Å². The molecule has 1 unspecified atom stereocenters. The average Bonchev–Trinajstić information content (AvgIpc) is 2.07. The van der Waals surface area contributed by atoms with Crippen molar-refractivity contribution >= 4 is 5.97 Å². The molecule has 1 heterocycles. The second-order valence-corrected chi connectivity index (χ2v) is 3.04. The van der Waals surface area contributed by atoms with E-state index in [1.807, 2.05) is 0 Å². The Balaban J connectivity index is 2.46. The first-order valence-corrected chi connectivity index (χ1v) is 4.10. The molecule has 1 aliphatic rings. The number of alkyl halides is 3. The van der Waals surface area contributed by atoms with Crippen LogP contribution in [0.5, 0.6) is 0 Å². The first kappa shape index (κ1) is 11.3. The Bertz CT molecular complexity index is 219. The molecule has 1 N–H and O–H groups in total. The summed E-state index contributed by atoms with van der Waals surface area (Å²) in [7, 11) is 1.61. The van der Waals surface area contributed by atoms with Crippen molar-refractivity contribution in [1.82, 2.24) is 10.2 Å². The highest BCUT2D eigenvalue weighted by molar-refractivity contribution is 5.75. The first-order chi connectivity index (χ1) is 6.41. The number of carbonyl (C=O) groups is 1. The van der Waals surface area contributed by atoms with Gasteiger partial charge in [-0.15, -0.1) is 0 Å². The molecule has 1 atom stereocenters. The second kappa shape index (κ2) is 4.14. The van der Waals surface area contributed by atoms with Crippen molar-refractivity contribution in [3.63, 3.8) is 0 Å². The molecule has 0 aromatic carbocycles. The van der Waals surface area contributed by atoms with E-state index in [1.165, 1.54) is 0 Å². The number of nitrogens with zero attached hydrogens (tertiary/aromatic N) is 1. The lowest BCUT2D eigenvalue weighted by Gasteiger charge is -2.32. The predicted octanol–water partition coefficient (Wildman–Crippen LogP) is -0.0470. The third kappa shape index (κ3) is 2.85. The summed E-state index contributed by atoms with van der Waals surface area (Å²) in [6, 6.07) is 0. The number of nitrogens with one attached hydrogen (secondary N) is 1. The third-order valence-corrected chi connectivity index (χ3v) is 1.93. The minimum absolute atomic E-state index is 0.221. The van der Waals surface area contributed by atoms with Gasteiger partial charge < -0.3 is 10.1 Å². The molecule has 0 aromatic rings. The number of carbonyl (C=O) groups excluding carboxylic acids is 1. The van der Waals surface area contributed by atoms with Crippen molar-refractivity contribution in [2.75, 3.05) is 26.7 Å². The molecule has 7 heteroatoms. The molecule has 0 aromatic heterocycles. The lowest BCUT2D eigenvalue weighted by Crippen LogP contribution is -2.52. The van der Waals surface area contributed by atoms with E-state index in [2.05, 4.69) is 10.1 Å². The summed E-state index contributed by atoms with van der Waals surface area (Å²) in [5.41, 5.74) is 0. The number of ether oxygens (including phenoxy) is 1. The molecule has 1 aliphatic heterocycles. The standard InChI is InChI=1S/C7H11F3N2O2/c1-12-3-2-11-4-5(12)14-6(13)7(8,9)10/h5,11H,2-4H2,1H3. The summed E-state index contributed by atoms with van der Waals surface area (Å²) in [6.45, 7) is 1.45. The van der Waals surface area contributed by atoms with Crippen molar-refractivity contribution in [2.24, 2.45) is 0 Å². The number of esters is 1. The third-order valence-electron chi connectivity index (χ3n) is 1.93. The Morgan fingerprint density at radius 2 is 2.21 bits per heavy atom. The van der Waals surface area contributed by atoms with Gasteiger partial charge in [-0.3, -0.25) is 4.90 Å². The van der Waals surface area contributed by atoms with E-state index in [0.717, 1.165) is 0 Å². The monoisotopic (exact) mass is 212 g/mol. The van der Waals surface area contributed by atoms with E-state index in [4.69, 9.17) is 0 Å². The predicted molar refractivity (Wildman–Crippen MR) is 41.4 cm³/mol. The van der Waals surface area contributed by atoms with Gasteiger partial charge in [0.1, 0.15) is 0 Å². The molecule has 1 saturated heterocycles. The fourth-order valence-electron chi connectivity index (χ4n) is 1.10. The van der Waals surface area contributed by atoms with Gasteiger partial charge in [0, 0.05) is 19.6 Å². The molecule has 0 spiro atoms. The molecule has 0 radical (unpaired) electrons. The van der Waals surface area contributed by atoms with Gasteiger partial charge in [0.2, 0.25) is 0 Å². The van der Waals surface area contributed by atoms with E-state index in [-0.39, 0.29) is 6.54 Å².